The van der Waals surface area contributed by atoms with Crippen LogP contribution in [0.2, 0.25) is 12.1 Å². The molecule has 0 spiro atoms. The predicted molar refractivity (Wildman–Crippen MR) is 70.3 cm³/mol. The van der Waals surface area contributed by atoms with E-state index in [-0.39, 0.29) is 0 Å². The summed E-state index contributed by atoms with van der Waals surface area (Å²) in [6.45, 7) is 7.42. The van der Waals surface area contributed by atoms with Crippen molar-refractivity contribution in [2.75, 3.05) is 0 Å². The molecule has 0 heterocycles. The van der Waals surface area contributed by atoms with Crippen LogP contribution in [0.1, 0.15) is 38.5 Å². The monoisotopic (exact) mass is 238 g/mol. The zero-order valence-corrected chi connectivity index (χ0v) is 11.6. The minimum atomic E-state index is 0.714. The summed E-state index contributed by atoms with van der Waals surface area (Å²) in [6.07, 6.45) is 11.4. The highest BCUT2D eigenvalue weighted by Gasteiger charge is 1.94. The van der Waals surface area contributed by atoms with Crippen molar-refractivity contribution < 1.29 is 4.12 Å². The molecule has 3 heteroatoms. The molecule has 0 unspecified atom stereocenters. The third-order valence-electron chi connectivity index (χ3n) is 2.02. The van der Waals surface area contributed by atoms with Crippen LogP contribution in [0.3, 0.4) is 0 Å². The van der Waals surface area contributed by atoms with E-state index in [0.29, 0.717) is 19.5 Å². The third-order valence-corrected chi connectivity index (χ3v) is 4.29. The molecule has 0 aromatic carbocycles. The fourth-order valence-electron chi connectivity index (χ4n) is 1.12. The second-order valence-corrected chi connectivity index (χ2v) is 5.85. The first-order valence-electron chi connectivity index (χ1n) is 5.75. The normalized spacial score (nSPS) is 10.1. The quantitative estimate of drug-likeness (QED) is 0.285. The minimum Gasteiger partial charge on any atom is -0.457 e. The topological polar surface area (TPSA) is 9.23 Å². The lowest BCUT2D eigenvalue weighted by Gasteiger charge is -2.00. The largest absolute Gasteiger partial charge is 0.457 e. The Balaban J connectivity index is 2.86. The van der Waals surface area contributed by atoms with Crippen LogP contribution in [0.25, 0.3) is 0 Å². The zero-order valence-electron chi connectivity index (χ0n) is 9.63. The van der Waals surface area contributed by atoms with Crippen LogP contribution in [0.5, 0.6) is 0 Å². The molecule has 0 fully saturated rings. The van der Waals surface area contributed by atoms with Gasteiger partial charge in [-0.3, -0.25) is 0 Å². The summed E-state index contributed by atoms with van der Waals surface area (Å²) in [4.78, 5) is 0. The molecule has 0 N–H and O–H groups in total. The average molecular weight is 238 g/mol. The van der Waals surface area contributed by atoms with Gasteiger partial charge in [-0.1, -0.05) is 37.8 Å². The molecular formula is C12H22OSi2. The van der Waals surface area contributed by atoms with E-state index in [1.807, 2.05) is 12.2 Å². The summed E-state index contributed by atoms with van der Waals surface area (Å²) in [5.41, 5.74) is 0. The van der Waals surface area contributed by atoms with Gasteiger partial charge in [0.05, 0.1) is 0 Å². The molecule has 0 atom stereocenters. The fourth-order valence-corrected chi connectivity index (χ4v) is 3.14. The van der Waals surface area contributed by atoms with Gasteiger partial charge in [-0.2, -0.15) is 0 Å². The summed E-state index contributed by atoms with van der Waals surface area (Å²) in [5.74, 6) is 0. The van der Waals surface area contributed by atoms with Crippen molar-refractivity contribution in [2.24, 2.45) is 0 Å². The standard InChI is InChI=1S/C12H22OSi2/c1-3-5-7-9-11-14-13-15-12-10-8-6-4-2/h3-4H,1-2,5-12H2. The summed E-state index contributed by atoms with van der Waals surface area (Å²) in [6, 6.07) is 2.46. The first kappa shape index (κ1) is 14.9. The summed E-state index contributed by atoms with van der Waals surface area (Å²) in [7, 11) is 1.43. The molecule has 0 saturated heterocycles. The molecule has 0 amide bonds. The lowest BCUT2D eigenvalue weighted by atomic mass is 10.2. The van der Waals surface area contributed by atoms with Crippen molar-refractivity contribution in [1.29, 1.82) is 0 Å². The fraction of sp³-hybridized carbons (Fsp3) is 0.667. The van der Waals surface area contributed by atoms with E-state index < -0.39 is 0 Å². The molecule has 0 aromatic heterocycles. The maximum Gasteiger partial charge on any atom is 0.214 e. The first-order valence-corrected chi connectivity index (χ1v) is 7.98. The molecule has 0 aliphatic carbocycles. The van der Waals surface area contributed by atoms with Gasteiger partial charge in [0.15, 0.2) is 0 Å². The molecule has 4 radical (unpaired) electrons. The van der Waals surface area contributed by atoms with Gasteiger partial charge in [-0.05, 0) is 24.9 Å². The smallest absolute Gasteiger partial charge is 0.214 e. The van der Waals surface area contributed by atoms with Gasteiger partial charge in [0.25, 0.3) is 0 Å². The van der Waals surface area contributed by atoms with E-state index in [0.717, 1.165) is 12.8 Å². The Morgan fingerprint density at radius 3 is 1.67 bits per heavy atom. The molecule has 0 bridgehead atoms. The van der Waals surface area contributed by atoms with Crippen LogP contribution in [0.15, 0.2) is 25.3 Å². The predicted octanol–water partition coefficient (Wildman–Crippen LogP) is 3.79. The number of hydrogen-bond acceptors (Lipinski definition) is 1. The van der Waals surface area contributed by atoms with Crippen LogP contribution in [-0.2, 0) is 4.12 Å². The van der Waals surface area contributed by atoms with Crippen molar-refractivity contribution in [3.8, 4) is 0 Å². The van der Waals surface area contributed by atoms with Crippen LogP contribution in [0.4, 0.5) is 0 Å². The van der Waals surface area contributed by atoms with E-state index in [1.54, 1.807) is 0 Å². The molecule has 0 rings (SSSR count). The maximum absolute atomic E-state index is 5.60. The van der Waals surface area contributed by atoms with Crippen LogP contribution in [-0.4, -0.2) is 19.5 Å². The lowest BCUT2D eigenvalue weighted by Crippen LogP contribution is -2.03. The maximum atomic E-state index is 5.60. The number of unbranched alkanes of at least 4 members (excludes halogenated alkanes) is 4. The van der Waals surface area contributed by atoms with Crippen molar-refractivity contribution in [3.05, 3.63) is 25.3 Å². The van der Waals surface area contributed by atoms with E-state index in [1.165, 1.54) is 37.8 Å². The number of allylic oxidation sites excluding steroid dienone is 2. The van der Waals surface area contributed by atoms with Crippen LogP contribution < -0.4 is 0 Å². The molecule has 1 nitrogen and oxygen atoms in total. The highest BCUT2D eigenvalue weighted by Crippen LogP contribution is 2.02. The van der Waals surface area contributed by atoms with Crippen LogP contribution in [0, 0.1) is 0 Å². The van der Waals surface area contributed by atoms with Gasteiger partial charge in [0.1, 0.15) is 0 Å². The van der Waals surface area contributed by atoms with Crippen molar-refractivity contribution in [1.82, 2.24) is 0 Å². The lowest BCUT2D eigenvalue weighted by molar-refractivity contribution is 0.617. The van der Waals surface area contributed by atoms with Crippen molar-refractivity contribution >= 4 is 19.5 Å². The van der Waals surface area contributed by atoms with Crippen molar-refractivity contribution in [2.45, 2.75) is 50.6 Å². The van der Waals surface area contributed by atoms with Gasteiger partial charge in [-0.25, -0.2) is 0 Å². The van der Waals surface area contributed by atoms with E-state index >= 15 is 0 Å². The van der Waals surface area contributed by atoms with Gasteiger partial charge in [0.2, 0.25) is 19.5 Å². The van der Waals surface area contributed by atoms with Crippen molar-refractivity contribution in [3.63, 3.8) is 0 Å². The Morgan fingerprint density at radius 2 is 1.27 bits per heavy atom. The van der Waals surface area contributed by atoms with E-state index in [9.17, 15) is 0 Å². The molecule has 0 saturated carbocycles. The Hall–Kier alpha value is -0.126. The summed E-state index contributed by atoms with van der Waals surface area (Å²) in [5, 5.41) is 0. The van der Waals surface area contributed by atoms with Gasteiger partial charge >= 0.3 is 0 Å². The van der Waals surface area contributed by atoms with Gasteiger partial charge in [0, 0.05) is 0 Å². The Bertz CT molecular complexity index is 133. The molecule has 0 aliphatic heterocycles. The van der Waals surface area contributed by atoms with E-state index in [4.69, 9.17) is 4.12 Å². The third kappa shape index (κ3) is 13.9. The molecule has 84 valence electrons. The second-order valence-electron chi connectivity index (χ2n) is 3.46. The number of hydrogen-bond donors (Lipinski definition) is 0. The average Bonchev–Trinajstić information content (AvgIpc) is 2.26. The molecule has 0 aliphatic rings. The second kappa shape index (κ2) is 13.9. The zero-order chi connectivity index (χ0) is 11.2. The highest BCUT2D eigenvalue weighted by molar-refractivity contribution is 6.42. The number of rotatable bonds is 12. The highest BCUT2D eigenvalue weighted by atomic mass is 28.3. The minimum absolute atomic E-state index is 0.714. The SMILES string of the molecule is C=CCCCC[Si]O[Si]CCCCC=C. The van der Waals surface area contributed by atoms with E-state index in [2.05, 4.69) is 13.2 Å². The Kier molecular flexibility index (Phi) is 13.8. The van der Waals surface area contributed by atoms with Gasteiger partial charge in [-0.15, -0.1) is 13.2 Å². The molecule has 0 aromatic rings. The van der Waals surface area contributed by atoms with Crippen LogP contribution >= 0.6 is 0 Å². The molecular weight excluding hydrogens is 216 g/mol. The first-order chi connectivity index (χ1) is 7.41. The molecule has 15 heavy (non-hydrogen) atoms. The Labute approximate surface area is 99.9 Å². The summed E-state index contributed by atoms with van der Waals surface area (Å²) >= 11 is 0. The van der Waals surface area contributed by atoms with Gasteiger partial charge < -0.3 is 4.12 Å². The summed E-state index contributed by atoms with van der Waals surface area (Å²) < 4.78 is 5.60. The Morgan fingerprint density at radius 1 is 0.800 bits per heavy atom.